The first-order valence-electron chi connectivity index (χ1n) is 10.1. The quantitative estimate of drug-likeness (QED) is 0.630. The van der Waals surface area contributed by atoms with Gasteiger partial charge in [-0.25, -0.2) is 0 Å². The van der Waals surface area contributed by atoms with Crippen LogP contribution in [0, 0.1) is 0 Å². The molecule has 0 aliphatic heterocycles. The Labute approximate surface area is 171 Å². The lowest BCUT2D eigenvalue weighted by Gasteiger charge is -2.30. The van der Waals surface area contributed by atoms with Gasteiger partial charge in [-0.05, 0) is 54.7 Å². The van der Waals surface area contributed by atoms with Gasteiger partial charge in [-0.2, -0.15) is 0 Å². The summed E-state index contributed by atoms with van der Waals surface area (Å²) in [7, 11) is 4.17. The first-order valence-corrected chi connectivity index (χ1v) is 11.0. The van der Waals surface area contributed by atoms with Crippen LogP contribution in [0.5, 0.6) is 0 Å². The Hall–Kier alpha value is -2.17. The number of hydrogen-bond donors (Lipinski definition) is 1. The second kappa shape index (κ2) is 8.06. The third-order valence-electron chi connectivity index (χ3n) is 6.15. The minimum Gasteiger partial charge on any atom is -0.353 e. The lowest BCUT2D eigenvalue weighted by atomic mass is 9.83. The summed E-state index contributed by atoms with van der Waals surface area (Å²) in [6, 6.07) is 19.2. The first-order chi connectivity index (χ1) is 13.6. The summed E-state index contributed by atoms with van der Waals surface area (Å²) in [6.45, 7) is 0.618. The van der Waals surface area contributed by atoms with Crippen molar-refractivity contribution >= 4 is 28.0 Å². The molecule has 0 saturated heterocycles. The topological polar surface area (TPSA) is 32.3 Å². The van der Waals surface area contributed by atoms with Crippen LogP contribution in [0.2, 0.25) is 0 Å². The van der Waals surface area contributed by atoms with Crippen molar-refractivity contribution in [3.63, 3.8) is 0 Å². The Kier molecular flexibility index (Phi) is 5.51. The molecule has 1 aromatic heterocycles. The Morgan fingerprint density at radius 3 is 2.54 bits per heavy atom. The fourth-order valence-corrected chi connectivity index (χ4v) is 5.57. The summed E-state index contributed by atoms with van der Waals surface area (Å²) in [6.07, 6.45) is 4.18. The molecule has 0 bridgehead atoms. The molecule has 1 unspecified atom stereocenters. The minimum atomic E-state index is -0.330. The fraction of sp³-hybridized carbons (Fsp3) is 0.375. The van der Waals surface area contributed by atoms with E-state index in [2.05, 4.69) is 84.3 Å². The van der Waals surface area contributed by atoms with Gasteiger partial charge in [-0.1, -0.05) is 61.4 Å². The van der Waals surface area contributed by atoms with Crippen LogP contribution in [-0.4, -0.2) is 31.4 Å². The van der Waals surface area contributed by atoms with Crippen molar-refractivity contribution in [1.29, 1.82) is 0 Å². The molecular formula is C24H28N2OS. The van der Waals surface area contributed by atoms with E-state index < -0.39 is 0 Å². The summed E-state index contributed by atoms with van der Waals surface area (Å²) >= 11 is 1.71. The monoisotopic (exact) mass is 392 g/mol. The van der Waals surface area contributed by atoms with Crippen LogP contribution >= 0.6 is 11.3 Å². The van der Waals surface area contributed by atoms with Gasteiger partial charge in [0.25, 0.3) is 0 Å². The highest BCUT2D eigenvalue weighted by atomic mass is 32.1. The zero-order valence-electron chi connectivity index (χ0n) is 16.7. The normalized spacial score (nSPS) is 17.1. The van der Waals surface area contributed by atoms with Gasteiger partial charge in [0.1, 0.15) is 0 Å². The van der Waals surface area contributed by atoms with Gasteiger partial charge in [-0.3, -0.25) is 4.79 Å². The van der Waals surface area contributed by atoms with Crippen molar-refractivity contribution in [2.75, 3.05) is 20.6 Å². The lowest BCUT2D eigenvalue weighted by molar-refractivity contribution is -0.126. The number of nitrogens with one attached hydrogen (secondary N) is 1. The van der Waals surface area contributed by atoms with Gasteiger partial charge in [0.15, 0.2) is 0 Å². The zero-order valence-corrected chi connectivity index (χ0v) is 17.5. The first kappa shape index (κ1) is 19.2. The van der Waals surface area contributed by atoms with E-state index in [0.717, 1.165) is 25.7 Å². The highest BCUT2D eigenvalue weighted by Gasteiger charge is 2.43. The molecule has 2 aromatic carbocycles. The number of fused-ring (bicyclic) bond motifs is 1. The zero-order chi connectivity index (χ0) is 19.6. The highest BCUT2D eigenvalue weighted by Crippen LogP contribution is 2.43. The number of thiophene rings is 1. The molecule has 3 aromatic rings. The average Bonchev–Trinajstić information content (AvgIpc) is 3.40. The maximum absolute atomic E-state index is 13.4. The third kappa shape index (κ3) is 3.47. The number of benzene rings is 2. The summed E-state index contributed by atoms with van der Waals surface area (Å²) in [4.78, 5) is 16.8. The Bertz CT molecular complexity index is 937. The number of nitrogens with zero attached hydrogens (tertiary/aromatic N) is 1. The molecule has 1 atom stereocenters. The molecule has 146 valence electrons. The van der Waals surface area contributed by atoms with Crippen molar-refractivity contribution in [3.8, 4) is 0 Å². The van der Waals surface area contributed by atoms with Crippen LogP contribution in [0.25, 0.3) is 10.8 Å². The molecule has 1 N–H and O–H groups in total. The summed E-state index contributed by atoms with van der Waals surface area (Å²) in [5.41, 5.74) is 0.934. The van der Waals surface area contributed by atoms with E-state index in [1.165, 1.54) is 21.2 Å². The largest absolute Gasteiger partial charge is 0.353 e. The molecular weight excluding hydrogens is 364 g/mol. The number of amides is 1. The number of carbonyl (C=O) groups is 1. The molecule has 3 nitrogen and oxygen atoms in total. The maximum Gasteiger partial charge on any atom is 0.231 e. The summed E-state index contributed by atoms with van der Waals surface area (Å²) in [5, 5.41) is 7.91. The molecule has 4 heteroatoms. The van der Waals surface area contributed by atoms with Crippen LogP contribution in [-0.2, 0) is 10.2 Å². The lowest BCUT2D eigenvalue weighted by Crippen LogP contribution is -2.45. The van der Waals surface area contributed by atoms with E-state index in [9.17, 15) is 4.79 Å². The van der Waals surface area contributed by atoms with Crippen LogP contribution in [0.1, 0.15) is 42.2 Å². The Morgan fingerprint density at radius 2 is 1.82 bits per heavy atom. The van der Waals surface area contributed by atoms with E-state index in [1.807, 2.05) is 0 Å². The molecule has 1 aliphatic rings. The molecule has 1 heterocycles. The van der Waals surface area contributed by atoms with E-state index in [1.54, 1.807) is 11.3 Å². The van der Waals surface area contributed by atoms with E-state index >= 15 is 0 Å². The summed E-state index contributed by atoms with van der Waals surface area (Å²) < 4.78 is 0. The molecule has 0 spiro atoms. The second-order valence-corrected chi connectivity index (χ2v) is 8.97. The fourth-order valence-electron chi connectivity index (χ4n) is 4.59. The molecule has 1 saturated carbocycles. The number of carbonyl (C=O) groups excluding carboxylic acids is 1. The van der Waals surface area contributed by atoms with Crippen molar-refractivity contribution in [2.45, 2.75) is 37.1 Å². The highest BCUT2D eigenvalue weighted by molar-refractivity contribution is 7.10. The van der Waals surface area contributed by atoms with Gasteiger partial charge < -0.3 is 10.2 Å². The van der Waals surface area contributed by atoms with E-state index in [4.69, 9.17) is 0 Å². The van der Waals surface area contributed by atoms with Gasteiger partial charge in [0, 0.05) is 11.4 Å². The van der Waals surface area contributed by atoms with Crippen molar-refractivity contribution in [3.05, 3.63) is 70.4 Å². The Morgan fingerprint density at radius 1 is 1.07 bits per heavy atom. The smallest absolute Gasteiger partial charge is 0.231 e. The van der Waals surface area contributed by atoms with Crippen LogP contribution < -0.4 is 5.32 Å². The third-order valence-corrected chi connectivity index (χ3v) is 7.22. The average molecular weight is 393 g/mol. The van der Waals surface area contributed by atoms with E-state index in [0.29, 0.717) is 6.54 Å². The molecule has 28 heavy (non-hydrogen) atoms. The van der Waals surface area contributed by atoms with Gasteiger partial charge in [0.2, 0.25) is 5.91 Å². The number of hydrogen-bond acceptors (Lipinski definition) is 3. The molecule has 0 radical (unpaired) electrons. The molecule has 1 fully saturated rings. The SMILES string of the molecule is CN(C)C(CNC(=O)C1(c2cccs2)CCCC1)c1cccc2ccccc12. The van der Waals surface area contributed by atoms with Crippen molar-refractivity contribution < 1.29 is 4.79 Å². The van der Waals surface area contributed by atoms with Gasteiger partial charge in [0.05, 0.1) is 11.5 Å². The second-order valence-electron chi connectivity index (χ2n) is 8.02. The summed E-state index contributed by atoms with van der Waals surface area (Å²) in [5.74, 6) is 0.194. The van der Waals surface area contributed by atoms with Gasteiger partial charge >= 0.3 is 0 Å². The number of rotatable bonds is 6. The van der Waals surface area contributed by atoms with E-state index in [-0.39, 0.29) is 17.4 Å². The molecule has 1 aliphatic carbocycles. The maximum atomic E-state index is 13.4. The molecule has 1 amide bonds. The van der Waals surface area contributed by atoms with Gasteiger partial charge in [-0.15, -0.1) is 11.3 Å². The predicted molar refractivity (Wildman–Crippen MR) is 118 cm³/mol. The Balaban J connectivity index is 1.58. The van der Waals surface area contributed by atoms with Crippen molar-refractivity contribution in [2.24, 2.45) is 0 Å². The van der Waals surface area contributed by atoms with Crippen LogP contribution in [0.3, 0.4) is 0 Å². The van der Waals surface area contributed by atoms with Crippen molar-refractivity contribution in [1.82, 2.24) is 10.2 Å². The number of likely N-dealkylation sites (N-methyl/N-ethyl adjacent to an activating group) is 1. The van der Waals surface area contributed by atoms with Crippen LogP contribution in [0.4, 0.5) is 0 Å². The minimum absolute atomic E-state index is 0.136. The molecule has 4 rings (SSSR count). The van der Waals surface area contributed by atoms with Crippen LogP contribution in [0.15, 0.2) is 60.0 Å². The predicted octanol–water partition coefficient (Wildman–Crippen LogP) is 5.13. The standard InChI is InChI=1S/C24H28N2OS/c1-26(2)21(20-12-7-10-18-9-3-4-11-19(18)20)17-25-23(27)24(14-5-6-15-24)22-13-8-16-28-22/h3-4,7-13,16,21H,5-6,14-15,17H2,1-2H3,(H,25,27).